The zero-order valence-electron chi connectivity index (χ0n) is 12.6. The van der Waals surface area contributed by atoms with Crippen LogP contribution >= 0.6 is 0 Å². The minimum absolute atomic E-state index is 0.304. The Morgan fingerprint density at radius 2 is 2.05 bits per heavy atom. The second kappa shape index (κ2) is 4.97. The molecule has 0 amide bonds. The van der Waals surface area contributed by atoms with Crippen LogP contribution in [0.25, 0.3) is 0 Å². The van der Waals surface area contributed by atoms with Crippen LogP contribution in [0.1, 0.15) is 43.6 Å². The van der Waals surface area contributed by atoms with Gasteiger partial charge in [-0.25, -0.2) is 0 Å². The Labute approximate surface area is 115 Å². The highest BCUT2D eigenvalue weighted by Gasteiger charge is 2.46. The van der Waals surface area contributed by atoms with E-state index in [-0.39, 0.29) is 0 Å². The van der Waals surface area contributed by atoms with Gasteiger partial charge in [0, 0.05) is 11.7 Å². The smallest absolute Gasteiger partial charge is 0.129 e. The van der Waals surface area contributed by atoms with Crippen molar-refractivity contribution in [3.63, 3.8) is 0 Å². The first-order valence-corrected chi connectivity index (χ1v) is 7.09. The third kappa shape index (κ3) is 2.66. The van der Waals surface area contributed by atoms with Crippen LogP contribution < -0.4 is 5.32 Å². The molecule has 1 unspecified atom stereocenters. The van der Waals surface area contributed by atoms with Gasteiger partial charge in [-0.3, -0.25) is 10.00 Å². The fourth-order valence-electron chi connectivity index (χ4n) is 2.72. The summed E-state index contributed by atoms with van der Waals surface area (Å²) in [7, 11) is 0. The van der Waals surface area contributed by atoms with E-state index in [0.29, 0.717) is 18.5 Å². The van der Waals surface area contributed by atoms with Gasteiger partial charge in [0.25, 0.3) is 0 Å². The molecule has 1 saturated carbocycles. The second-order valence-corrected chi connectivity index (χ2v) is 6.11. The molecule has 0 bridgehead atoms. The molecule has 1 atom stereocenters. The van der Waals surface area contributed by atoms with Crippen molar-refractivity contribution in [2.45, 2.75) is 65.6 Å². The summed E-state index contributed by atoms with van der Waals surface area (Å²) in [5.74, 6) is 0.462. The minimum Gasteiger partial charge on any atom is -0.295 e. The number of hydrogen-bond donors (Lipinski definition) is 1. The first-order chi connectivity index (χ1) is 8.89. The quantitative estimate of drug-likeness (QED) is 0.885. The molecule has 4 heteroatoms. The lowest BCUT2D eigenvalue weighted by Crippen LogP contribution is -2.52. The zero-order chi connectivity index (χ0) is 14.2. The fraction of sp³-hybridized carbons (Fsp3) is 0.733. The summed E-state index contributed by atoms with van der Waals surface area (Å²) in [6.45, 7) is 11.0. The van der Waals surface area contributed by atoms with Crippen molar-refractivity contribution >= 4 is 0 Å². The summed E-state index contributed by atoms with van der Waals surface area (Å²) in [5, 5.41) is 17.8. The third-order valence-electron chi connectivity index (χ3n) is 4.16. The Morgan fingerprint density at radius 3 is 2.42 bits per heavy atom. The van der Waals surface area contributed by atoms with Crippen LogP contribution in [-0.4, -0.2) is 21.4 Å². The molecule has 1 aromatic heterocycles. The lowest BCUT2D eigenvalue weighted by Gasteiger charge is -2.30. The molecule has 0 radical (unpaired) electrons. The highest BCUT2D eigenvalue weighted by atomic mass is 15.3. The molecule has 0 spiro atoms. The Hall–Kier alpha value is -1.34. The Kier molecular flexibility index (Phi) is 3.69. The van der Waals surface area contributed by atoms with Crippen molar-refractivity contribution < 1.29 is 0 Å². The number of nitriles is 1. The van der Waals surface area contributed by atoms with Gasteiger partial charge in [0.05, 0.1) is 18.3 Å². The molecular weight excluding hydrogens is 236 g/mol. The molecule has 1 aromatic rings. The molecule has 2 rings (SSSR count). The number of hydrogen-bond acceptors (Lipinski definition) is 3. The summed E-state index contributed by atoms with van der Waals surface area (Å²) in [4.78, 5) is 0. The van der Waals surface area contributed by atoms with Gasteiger partial charge in [0.2, 0.25) is 0 Å². The van der Waals surface area contributed by atoms with Crippen LogP contribution in [0.15, 0.2) is 0 Å². The molecule has 1 N–H and O–H groups in total. The third-order valence-corrected chi connectivity index (χ3v) is 4.16. The molecule has 0 saturated heterocycles. The Morgan fingerprint density at radius 1 is 1.42 bits per heavy atom. The van der Waals surface area contributed by atoms with E-state index in [1.807, 2.05) is 11.6 Å². The summed E-state index contributed by atoms with van der Waals surface area (Å²) in [5.41, 5.74) is 2.99. The molecule has 104 valence electrons. The molecular formula is C15H24N4. The van der Waals surface area contributed by atoms with E-state index in [1.165, 1.54) is 11.3 Å². The monoisotopic (exact) mass is 260 g/mol. The number of rotatable bonds is 5. The van der Waals surface area contributed by atoms with Crippen molar-refractivity contribution in [1.29, 1.82) is 5.26 Å². The highest BCUT2D eigenvalue weighted by Crippen LogP contribution is 2.41. The largest absolute Gasteiger partial charge is 0.295 e. The van der Waals surface area contributed by atoms with Crippen molar-refractivity contribution in [1.82, 2.24) is 15.1 Å². The molecule has 1 aliphatic rings. The van der Waals surface area contributed by atoms with Crippen LogP contribution in [0.3, 0.4) is 0 Å². The summed E-state index contributed by atoms with van der Waals surface area (Å²) >= 11 is 0. The van der Waals surface area contributed by atoms with Crippen molar-refractivity contribution in [2.75, 3.05) is 0 Å². The lowest BCUT2D eigenvalue weighted by atomic mass is 9.93. The van der Waals surface area contributed by atoms with E-state index in [0.717, 1.165) is 18.5 Å². The van der Waals surface area contributed by atoms with Crippen LogP contribution in [0.2, 0.25) is 0 Å². The number of aromatic nitrogens is 2. The maximum absolute atomic E-state index is 9.71. The average molecular weight is 260 g/mol. The maximum Gasteiger partial charge on any atom is 0.129 e. The van der Waals surface area contributed by atoms with Crippen molar-refractivity contribution in [3.8, 4) is 6.07 Å². The molecule has 19 heavy (non-hydrogen) atoms. The van der Waals surface area contributed by atoms with E-state index in [2.05, 4.69) is 44.2 Å². The standard InChI is InChI=1S/C15H24N4/c1-10(2)17-15(8-16,14-6-7-14)9-19-13(5)11(3)12(4)18-19/h10,14,17H,6-7,9H2,1-5H3. The number of nitrogens with one attached hydrogen (secondary N) is 1. The van der Waals surface area contributed by atoms with Gasteiger partial charge in [-0.2, -0.15) is 10.4 Å². The second-order valence-electron chi connectivity index (χ2n) is 6.11. The van der Waals surface area contributed by atoms with E-state index in [9.17, 15) is 5.26 Å². The Balaban J connectivity index is 2.30. The average Bonchev–Trinajstić information content (AvgIpc) is 3.15. The van der Waals surface area contributed by atoms with Crippen molar-refractivity contribution in [3.05, 3.63) is 17.0 Å². The van der Waals surface area contributed by atoms with Gasteiger partial charge in [-0.15, -0.1) is 0 Å². The zero-order valence-corrected chi connectivity index (χ0v) is 12.6. The van der Waals surface area contributed by atoms with E-state index >= 15 is 0 Å². The highest BCUT2D eigenvalue weighted by molar-refractivity contribution is 5.24. The molecule has 1 aliphatic carbocycles. The number of nitrogens with zero attached hydrogens (tertiary/aromatic N) is 3. The van der Waals surface area contributed by atoms with Gasteiger partial charge in [0.15, 0.2) is 0 Å². The molecule has 4 nitrogen and oxygen atoms in total. The normalized spacial score (nSPS) is 18.4. The minimum atomic E-state index is -0.468. The van der Waals surface area contributed by atoms with E-state index in [4.69, 9.17) is 0 Å². The van der Waals surface area contributed by atoms with Crippen LogP contribution in [0.4, 0.5) is 0 Å². The first-order valence-electron chi connectivity index (χ1n) is 7.09. The van der Waals surface area contributed by atoms with Crippen LogP contribution in [0.5, 0.6) is 0 Å². The van der Waals surface area contributed by atoms with Gasteiger partial charge >= 0.3 is 0 Å². The van der Waals surface area contributed by atoms with Gasteiger partial charge in [-0.1, -0.05) is 0 Å². The molecule has 1 heterocycles. The van der Waals surface area contributed by atoms with Crippen LogP contribution in [-0.2, 0) is 6.54 Å². The van der Waals surface area contributed by atoms with Gasteiger partial charge < -0.3 is 0 Å². The topological polar surface area (TPSA) is 53.6 Å². The lowest BCUT2D eigenvalue weighted by molar-refractivity contribution is 0.281. The maximum atomic E-state index is 9.71. The summed E-state index contributed by atoms with van der Waals surface area (Å²) in [6, 6.07) is 2.85. The number of aryl methyl sites for hydroxylation is 1. The van der Waals surface area contributed by atoms with Gasteiger partial charge in [-0.05, 0) is 58.9 Å². The molecule has 1 fully saturated rings. The molecule has 0 aromatic carbocycles. The predicted octanol–water partition coefficient (Wildman–Crippen LogP) is 2.48. The van der Waals surface area contributed by atoms with Crippen molar-refractivity contribution in [2.24, 2.45) is 5.92 Å². The van der Waals surface area contributed by atoms with Crippen LogP contribution in [0, 0.1) is 38.0 Å². The fourth-order valence-corrected chi connectivity index (χ4v) is 2.72. The summed E-state index contributed by atoms with van der Waals surface area (Å²) in [6.07, 6.45) is 2.29. The Bertz CT molecular complexity index is 505. The molecule has 0 aliphatic heterocycles. The van der Waals surface area contributed by atoms with Gasteiger partial charge in [0.1, 0.15) is 5.54 Å². The SMILES string of the molecule is Cc1nn(CC(C#N)(NC(C)C)C2CC2)c(C)c1C. The van der Waals surface area contributed by atoms with E-state index < -0.39 is 5.54 Å². The first kappa shape index (κ1) is 14.1. The predicted molar refractivity (Wildman–Crippen MR) is 75.8 cm³/mol. The van der Waals surface area contributed by atoms with E-state index in [1.54, 1.807) is 0 Å². The summed E-state index contributed by atoms with van der Waals surface area (Å²) < 4.78 is 2.00.